The molecule has 1 aliphatic rings. The number of nitrogens with one attached hydrogen (secondary N) is 1. The molecule has 0 bridgehead atoms. The summed E-state index contributed by atoms with van der Waals surface area (Å²) in [7, 11) is 0. The number of likely N-dealkylation sites (tertiary alicyclic amines) is 1. The summed E-state index contributed by atoms with van der Waals surface area (Å²) in [6.45, 7) is 2.01. The highest BCUT2D eigenvalue weighted by Gasteiger charge is 2.25. The predicted octanol–water partition coefficient (Wildman–Crippen LogP) is 2.66. The molecule has 2 heterocycles. The van der Waals surface area contributed by atoms with Gasteiger partial charge in [-0.2, -0.15) is 0 Å². The van der Waals surface area contributed by atoms with Crippen LogP contribution in [0.4, 0.5) is 4.79 Å². The molecule has 2 amide bonds. The minimum absolute atomic E-state index is 0.0182. The maximum Gasteiger partial charge on any atom is 0.317 e. The second-order valence-corrected chi connectivity index (χ2v) is 6.18. The second kappa shape index (κ2) is 9.01. The molecule has 6 nitrogen and oxygen atoms in total. The molecule has 0 saturated carbocycles. The van der Waals surface area contributed by atoms with Crippen LogP contribution in [0.2, 0.25) is 0 Å². The van der Waals surface area contributed by atoms with E-state index in [4.69, 9.17) is 4.74 Å². The lowest BCUT2D eigenvalue weighted by molar-refractivity contribution is 0.0939. The number of carbonyl (C=O) groups is 1. The summed E-state index contributed by atoms with van der Waals surface area (Å²) < 4.78 is 5.78. The van der Waals surface area contributed by atoms with E-state index in [0.717, 1.165) is 32.2 Å². The van der Waals surface area contributed by atoms with Crippen LogP contribution >= 0.6 is 0 Å². The summed E-state index contributed by atoms with van der Waals surface area (Å²) in [5, 5.41) is 3.01. The van der Waals surface area contributed by atoms with Gasteiger partial charge in [0.2, 0.25) is 0 Å². The summed E-state index contributed by atoms with van der Waals surface area (Å²) in [4.78, 5) is 22.3. The monoisotopic (exact) mass is 340 g/mol. The Labute approximate surface area is 148 Å². The molecule has 0 radical (unpaired) electrons. The lowest BCUT2D eigenvalue weighted by Gasteiger charge is -2.32. The van der Waals surface area contributed by atoms with E-state index in [0.29, 0.717) is 19.1 Å². The lowest BCUT2D eigenvalue weighted by atomic mass is 10.1. The number of piperidine rings is 1. The SMILES string of the molecule is O=C(NCCCc1ccccc1)N1CCCC(Oc2ncccn2)C1. The number of aromatic nitrogens is 2. The number of hydrogen-bond acceptors (Lipinski definition) is 4. The highest BCUT2D eigenvalue weighted by molar-refractivity contribution is 5.74. The van der Waals surface area contributed by atoms with E-state index in [1.807, 2.05) is 23.1 Å². The van der Waals surface area contributed by atoms with Crippen molar-refractivity contribution in [2.24, 2.45) is 0 Å². The molecule has 25 heavy (non-hydrogen) atoms. The van der Waals surface area contributed by atoms with Crippen LogP contribution in [0.15, 0.2) is 48.8 Å². The van der Waals surface area contributed by atoms with Crippen molar-refractivity contribution in [3.8, 4) is 6.01 Å². The number of hydrogen-bond donors (Lipinski definition) is 1. The molecule has 1 atom stereocenters. The van der Waals surface area contributed by atoms with Crippen LogP contribution in [-0.4, -0.2) is 46.6 Å². The second-order valence-electron chi connectivity index (χ2n) is 6.18. The standard InChI is InChI=1S/C19H24N4O2/c24-19(22-11-4-9-16-7-2-1-3-8-16)23-14-5-10-17(15-23)25-18-20-12-6-13-21-18/h1-3,6-8,12-13,17H,4-5,9-11,14-15H2,(H,22,24). The van der Waals surface area contributed by atoms with Crippen LogP contribution in [0.5, 0.6) is 6.01 Å². The van der Waals surface area contributed by atoms with Crippen LogP contribution in [-0.2, 0) is 6.42 Å². The van der Waals surface area contributed by atoms with Gasteiger partial charge in [-0.3, -0.25) is 0 Å². The lowest BCUT2D eigenvalue weighted by Crippen LogP contribution is -2.48. The Bertz CT molecular complexity index is 651. The highest BCUT2D eigenvalue weighted by atomic mass is 16.5. The minimum atomic E-state index is -0.0498. The Morgan fingerprint density at radius 3 is 2.80 bits per heavy atom. The average molecular weight is 340 g/mol. The molecule has 1 aliphatic heterocycles. The van der Waals surface area contributed by atoms with E-state index in [1.54, 1.807) is 18.5 Å². The molecule has 1 unspecified atom stereocenters. The molecule has 1 saturated heterocycles. The molecular formula is C19H24N4O2. The number of amides is 2. The zero-order valence-electron chi connectivity index (χ0n) is 14.3. The van der Waals surface area contributed by atoms with Gasteiger partial charge < -0.3 is 15.0 Å². The van der Waals surface area contributed by atoms with Crippen molar-refractivity contribution in [2.75, 3.05) is 19.6 Å². The van der Waals surface area contributed by atoms with Crippen LogP contribution in [0, 0.1) is 0 Å². The Kier molecular flexibility index (Phi) is 6.20. The largest absolute Gasteiger partial charge is 0.458 e. The summed E-state index contributed by atoms with van der Waals surface area (Å²) in [6, 6.07) is 12.4. The Hall–Kier alpha value is -2.63. The molecule has 0 spiro atoms. The van der Waals surface area contributed by atoms with Crippen LogP contribution in [0.3, 0.4) is 0 Å². The molecule has 6 heteroatoms. The van der Waals surface area contributed by atoms with Crippen molar-refractivity contribution in [3.05, 3.63) is 54.4 Å². The topological polar surface area (TPSA) is 67.4 Å². The van der Waals surface area contributed by atoms with Crippen LogP contribution in [0.1, 0.15) is 24.8 Å². The number of benzene rings is 1. The third kappa shape index (κ3) is 5.45. The van der Waals surface area contributed by atoms with E-state index in [2.05, 4.69) is 27.4 Å². The summed E-state index contributed by atoms with van der Waals surface area (Å²) in [5.74, 6) is 0. The van der Waals surface area contributed by atoms with Gasteiger partial charge in [-0.1, -0.05) is 30.3 Å². The van der Waals surface area contributed by atoms with Gasteiger partial charge in [-0.15, -0.1) is 0 Å². The molecular weight excluding hydrogens is 316 g/mol. The zero-order chi connectivity index (χ0) is 17.3. The molecule has 1 fully saturated rings. The zero-order valence-corrected chi connectivity index (χ0v) is 14.3. The fourth-order valence-corrected chi connectivity index (χ4v) is 2.96. The van der Waals surface area contributed by atoms with Gasteiger partial charge in [0, 0.05) is 25.5 Å². The van der Waals surface area contributed by atoms with Crippen molar-refractivity contribution in [3.63, 3.8) is 0 Å². The highest BCUT2D eigenvalue weighted by Crippen LogP contribution is 2.15. The molecule has 132 valence electrons. The molecule has 2 aromatic rings. The Morgan fingerprint density at radius 1 is 1.20 bits per heavy atom. The normalized spacial score (nSPS) is 17.1. The Morgan fingerprint density at radius 2 is 2.00 bits per heavy atom. The van der Waals surface area contributed by atoms with Gasteiger partial charge >= 0.3 is 12.0 Å². The number of carbonyl (C=O) groups excluding carboxylic acids is 1. The molecule has 0 aliphatic carbocycles. The van der Waals surface area contributed by atoms with Gasteiger partial charge in [0.15, 0.2) is 0 Å². The maximum atomic E-state index is 12.3. The van der Waals surface area contributed by atoms with E-state index in [1.165, 1.54) is 5.56 Å². The van der Waals surface area contributed by atoms with Crippen molar-refractivity contribution in [1.29, 1.82) is 0 Å². The number of rotatable bonds is 6. The summed E-state index contributed by atoms with van der Waals surface area (Å²) in [5.41, 5.74) is 1.30. The van der Waals surface area contributed by atoms with Crippen molar-refractivity contribution in [1.82, 2.24) is 20.2 Å². The molecule has 1 N–H and O–H groups in total. The van der Waals surface area contributed by atoms with Gasteiger partial charge in [0.25, 0.3) is 0 Å². The van der Waals surface area contributed by atoms with Crippen LogP contribution < -0.4 is 10.1 Å². The van der Waals surface area contributed by atoms with Crippen molar-refractivity contribution < 1.29 is 9.53 Å². The minimum Gasteiger partial charge on any atom is -0.458 e. The molecule has 1 aromatic carbocycles. The summed E-state index contributed by atoms with van der Waals surface area (Å²) in [6.07, 6.45) is 7.00. The van der Waals surface area contributed by atoms with E-state index in [-0.39, 0.29) is 12.1 Å². The number of nitrogens with zero attached hydrogens (tertiary/aromatic N) is 3. The number of urea groups is 1. The van der Waals surface area contributed by atoms with Crippen LogP contribution in [0.25, 0.3) is 0 Å². The maximum absolute atomic E-state index is 12.3. The van der Waals surface area contributed by atoms with E-state index < -0.39 is 0 Å². The first kappa shape index (κ1) is 17.2. The third-order valence-electron chi connectivity index (χ3n) is 4.24. The first-order valence-electron chi connectivity index (χ1n) is 8.81. The van der Waals surface area contributed by atoms with Crippen molar-refractivity contribution >= 4 is 6.03 Å². The smallest absolute Gasteiger partial charge is 0.317 e. The molecule has 1 aromatic heterocycles. The Balaban J connectivity index is 1.39. The number of ether oxygens (including phenoxy) is 1. The van der Waals surface area contributed by atoms with Gasteiger partial charge in [0.05, 0.1) is 6.54 Å². The first-order valence-corrected chi connectivity index (χ1v) is 8.81. The molecule has 3 rings (SSSR count). The first-order chi connectivity index (χ1) is 12.3. The summed E-state index contributed by atoms with van der Waals surface area (Å²) >= 11 is 0. The van der Waals surface area contributed by atoms with Crippen molar-refractivity contribution in [2.45, 2.75) is 31.8 Å². The predicted molar refractivity (Wildman–Crippen MR) is 95.4 cm³/mol. The average Bonchev–Trinajstić information content (AvgIpc) is 2.67. The fourth-order valence-electron chi connectivity index (χ4n) is 2.96. The van der Waals surface area contributed by atoms with E-state index >= 15 is 0 Å². The quantitative estimate of drug-likeness (QED) is 0.821. The van der Waals surface area contributed by atoms with Gasteiger partial charge in [-0.25, -0.2) is 14.8 Å². The number of aryl methyl sites for hydroxylation is 1. The fraction of sp³-hybridized carbons (Fsp3) is 0.421. The van der Waals surface area contributed by atoms with E-state index in [9.17, 15) is 4.79 Å². The van der Waals surface area contributed by atoms with Gasteiger partial charge in [-0.05, 0) is 37.3 Å². The van der Waals surface area contributed by atoms with Gasteiger partial charge in [0.1, 0.15) is 6.10 Å². The third-order valence-corrected chi connectivity index (χ3v) is 4.24.